The Bertz CT molecular complexity index is 1520. The van der Waals surface area contributed by atoms with Crippen LogP contribution in [0.15, 0.2) is 96.2 Å². The number of hydrogen-bond donors (Lipinski definition) is 1. The molecule has 2 aromatic carbocycles. The molecule has 3 heterocycles. The molecule has 11 heteroatoms. The highest BCUT2D eigenvalue weighted by Gasteiger charge is 2.57. The van der Waals surface area contributed by atoms with Crippen LogP contribution < -0.4 is 5.32 Å². The first-order valence-electron chi connectivity index (χ1n) is 14.3. The van der Waals surface area contributed by atoms with E-state index >= 15 is 0 Å². The fraction of sp³-hybridized carbons (Fsp3) is 0.333. The molecule has 3 aliphatic rings. The normalized spacial score (nSPS) is 22.5. The molecule has 1 unspecified atom stereocenters. The first-order chi connectivity index (χ1) is 21.0. The van der Waals surface area contributed by atoms with Gasteiger partial charge >= 0.3 is 12.1 Å². The number of fused-ring (bicyclic) bond motifs is 1. The summed E-state index contributed by atoms with van der Waals surface area (Å²) in [5.41, 5.74) is 1.22. The van der Waals surface area contributed by atoms with Crippen LogP contribution in [0.3, 0.4) is 0 Å². The summed E-state index contributed by atoms with van der Waals surface area (Å²) in [5.74, 6) is -1.78. The molecule has 5 rings (SSSR count). The van der Waals surface area contributed by atoms with Crippen molar-refractivity contribution in [3.63, 3.8) is 0 Å². The van der Waals surface area contributed by atoms with Crippen LogP contribution in [0.2, 0.25) is 0 Å². The number of carbonyl (C=O) groups is 4. The SMILES string of the molecule is C=CCN1CC/C(=C\C2=C(C(=O)OC(c3ccccc3)c3ccccc3)N3C(=O)[C@@H](NC(=O)OC(C)(C)C)[C@H]3S(=O)C2)C1=O. The maximum absolute atomic E-state index is 14.1. The molecule has 2 fully saturated rings. The average molecular weight is 618 g/mol. The molecule has 0 bridgehead atoms. The number of rotatable bonds is 8. The summed E-state index contributed by atoms with van der Waals surface area (Å²) in [6, 6.07) is 17.2. The van der Waals surface area contributed by atoms with Gasteiger partial charge in [0.25, 0.3) is 5.91 Å². The zero-order valence-corrected chi connectivity index (χ0v) is 25.7. The predicted octanol–water partition coefficient (Wildman–Crippen LogP) is 3.74. The number of benzene rings is 2. The van der Waals surface area contributed by atoms with Crippen molar-refractivity contribution in [1.29, 1.82) is 0 Å². The van der Waals surface area contributed by atoms with Gasteiger partial charge in [0.1, 0.15) is 22.7 Å². The van der Waals surface area contributed by atoms with E-state index in [4.69, 9.17) is 9.47 Å². The van der Waals surface area contributed by atoms with Crippen molar-refractivity contribution in [1.82, 2.24) is 15.1 Å². The van der Waals surface area contributed by atoms with Crippen LogP contribution in [0, 0.1) is 0 Å². The smallest absolute Gasteiger partial charge is 0.408 e. The molecule has 0 spiro atoms. The fourth-order valence-corrected chi connectivity index (χ4v) is 7.06. The summed E-state index contributed by atoms with van der Waals surface area (Å²) in [6.07, 6.45) is 1.97. The van der Waals surface area contributed by atoms with Gasteiger partial charge in [-0.05, 0) is 50.0 Å². The number of nitrogens with one attached hydrogen (secondary N) is 1. The fourth-order valence-electron chi connectivity index (χ4n) is 5.43. The lowest BCUT2D eigenvalue weighted by Gasteiger charge is -2.49. The Labute approximate surface area is 258 Å². The summed E-state index contributed by atoms with van der Waals surface area (Å²) in [5, 5.41) is 1.50. The van der Waals surface area contributed by atoms with Crippen LogP contribution in [0.5, 0.6) is 0 Å². The highest BCUT2D eigenvalue weighted by molar-refractivity contribution is 7.86. The van der Waals surface area contributed by atoms with E-state index in [1.54, 1.807) is 37.8 Å². The Kier molecular flexibility index (Phi) is 8.87. The van der Waals surface area contributed by atoms with E-state index in [0.717, 1.165) is 4.90 Å². The van der Waals surface area contributed by atoms with Crippen molar-refractivity contribution in [2.45, 2.75) is 50.3 Å². The lowest BCUT2D eigenvalue weighted by molar-refractivity contribution is -0.153. The maximum atomic E-state index is 14.1. The summed E-state index contributed by atoms with van der Waals surface area (Å²) in [4.78, 5) is 56.0. The largest absolute Gasteiger partial charge is 0.448 e. The third-order valence-corrected chi connectivity index (χ3v) is 8.98. The maximum Gasteiger partial charge on any atom is 0.408 e. The Morgan fingerprint density at radius 2 is 1.68 bits per heavy atom. The second kappa shape index (κ2) is 12.6. The van der Waals surface area contributed by atoms with Crippen molar-refractivity contribution in [3.05, 3.63) is 107 Å². The minimum Gasteiger partial charge on any atom is -0.448 e. The lowest BCUT2D eigenvalue weighted by Crippen LogP contribution is -2.73. The highest BCUT2D eigenvalue weighted by Crippen LogP contribution is 2.38. The summed E-state index contributed by atoms with van der Waals surface area (Å²) in [7, 11) is -1.71. The van der Waals surface area contributed by atoms with E-state index in [1.165, 1.54) is 0 Å². The van der Waals surface area contributed by atoms with Gasteiger partial charge in [0, 0.05) is 18.7 Å². The quantitative estimate of drug-likeness (QED) is 0.207. The van der Waals surface area contributed by atoms with E-state index in [9.17, 15) is 23.4 Å². The topological polar surface area (TPSA) is 122 Å². The molecule has 2 saturated heterocycles. The van der Waals surface area contributed by atoms with E-state index in [2.05, 4.69) is 11.9 Å². The number of esters is 1. The predicted molar refractivity (Wildman–Crippen MR) is 164 cm³/mol. The van der Waals surface area contributed by atoms with Gasteiger partial charge in [0.05, 0.1) is 16.6 Å². The van der Waals surface area contributed by atoms with Crippen molar-refractivity contribution >= 4 is 34.7 Å². The Hall–Kier alpha value is -4.51. The van der Waals surface area contributed by atoms with Crippen molar-refractivity contribution in [2.24, 2.45) is 0 Å². The van der Waals surface area contributed by atoms with Crippen molar-refractivity contribution in [3.8, 4) is 0 Å². The van der Waals surface area contributed by atoms with Crippen LogP contribution in [0.25, 0.3) is 0 Å². The number of amides is 3. The number of hydrogen-bond acceptors (Lipinski definition) is 7. The van der Waals surface area contributed by atoms with Crippen LogP contribution in [0.4, 0.5) is 4.79 Å². The zero-order valence-electron chi connectivity index (χ0n) is 24.9. The molecule has 3 amide bonds. The molecule has 0 aromatic heterocycles. The van der Waals surface area contributed by atoms with Gasteiger partial charge in [-0.1, -0.05) is 66.7 Å². The molecular formula is C33H35N3O7S. The summed E-state index contributed by atoms with van der Waals surface area (Å²) < 4.78 is 25.0. The molecule has 0 saturated carbocycles. The van der Waals surface area contributed by atoms with Gasteiger partial charge in [-0.15, -0.1) is 6.58 Å². The van der Waals surface area contributed by atoms with Crippen LogP contribution >= 0.6 is 0 Å². The Morgan fingerprint density at radius 3 is 2.25 bits per heavy atom. The number of ether oxygens (including phenoxy) is 2. The number of carbonyl (C=O) groups excluding carboxylic acids is 4. The first-order valence-corrected chi connectivity index (χ1v) is 15.7. The van der Waals surface area contributed by atoms with Gasteiger partial charge in [-0.25, -0.2) is 9.59 Å². The number of likely N-dealkylation sites (tertiary alicyclic amines) is 1. The van der Waals surface area contributed by atoms with Crippen LogP contribution in [0.1, 0.15) is 44.4 Å². The Balaban J connectivity index is 1.53. The monoisotopic (exact) mass is 617 g/mol. The molecule has 10 nitrogen and oxygen atoms in total. The van der Waals surface area contributed by atoms with Gasteiger partial charge in [0.2, 0.25) is 5.91 Å². The molecule has 3 aliphatic heterocycles. The summed E-state index contributed by atoms with van der Waals surface area (Å²) >= 11 is 0. The molecule has 0 aliphatic carbocycles. The van der Waals surface area contributed by atoms with Crippen molar-refractivity contribution < 1.29 is 32.9 Å². The van der Waals surface area contributed by atoms with E-state index in [0.29, 0.717) is 36.2 Å². The molecule has 44 heavy (non-hydrogen) atoms. The number of nitrogens with zero attached hydrogens (tertiary/aromatic N) is 2. The van der Waals surface area contributed by atoms with Gasteiger partial charge < -0.3 is 19.7 Å². The first kappa shape index (κ1) is 30.9. The van der Waals surface area contributed by atoms with E-state index in [-0.39, 0.29) is 22.9 Å². The minimum atomic E-state index is -1.71. The minimum absolute atomic E-state index is 0.0961. The Morgan fingerprint density at radius 1 is 1.07 bits per heavy atom. The molecule has 2 aromatic rings. The number of alkyl carbamates (subject to hydrolysis) is 1. The molecule has 1 N–H and O–H groups in total. The second-order valence-electron chi connectivity index (χ2n) is 11.7. The number of allylic oxidation sites excluding steroid dienone is 1. The van der Waals surface area contributed by atoms with Gasteiger partial charge in [-0.3, -0.25) is 18.7 Å². The van der Waals surface area contributed by atoms with E-state index in [1.807, 2.05) is 60.7 Å². The molecule has 230 valence electrons. The molecule has 3 atom stereocenters. The number of β-lactam (4-membered cyclic amide) rings is 1. The molecular weight excluding hydrogens is 582 g/mol. The average Bonchev–Trinajstić information content (AvgIpc) is 3.32. The third-order valence-electron chi connectivity index (χ3n) is 7.36. The van der Waals surface area contributed by atoms with Crippen LogP contribution in [-0.2, 0) is 34.7 Å². The van der Waals surface area contributed by atoms with Crippen LogP contribution in [-0.4, -0.2) is 73.7 Å². The van der Waals surface area contributed by atoms with E-state index < -0.39 is 51.9 Å². The van der Waals surface area contributed by atoms with Gasteiger partial charge in [0.15, 0.2) is 6.10 Å². The summed E-state index contributed by atoms with van der Waals surface area (Å²) in [6.45, 7) is 9.61. The highest BCUT2D eigenvalue weighted by atomic mass is 32.2. The van der Waals surface area contributed by atoms with Gasteiger partial charge in [-0.2, -0.15) is 0 Å². The standard InChI is InChI=1S/C33H35N3O7S/c1-5-17-35-18-16-23(28(35)37)19-24-20-44(41)30-25(34-32(40)43-33(2,3)4)29(38)36(30)26(24)31(39)42-27(21-12-8-6-9-13-21)22-14-10-7-11-15-22/h5-15,19,25,27,30H,1,16-18,20H2,2-4H3,(H,34,40)/b23-19+/t25-,30-,44?/m1/s1. The lowest BCUT2D eigenvalue weighted by atomic mass is 10.00. The second-order valence-corrected chi connectivity index (χ2v) is 13.2. The third kappa shape index (κ3) is 6.37. The van der Waals surface area contributed by atoms with Crippen molar-refractivity contribution in [2.75, 3.05) is 18.8 Å². The molecule has 0 radical (unpaired) electrons. The zero-order chi connectivity index (χ0) is 31.6.